The first kappa shape index (κ1) is 11.7. The normalized spacial score (nSPS) is 13.8. The molecule has 0 aromatic carbocycles. The summed E-state index contributed by atoms with van der Waals surface area (Å²) in [5.41, 5.74) is 2.90. The van der Waals surface area contributed by atoms with Gasteiger partial charge < -0.3 is 5.11 Å². The van der Waals surface area contributed by atoms with Crippen LogP contribution in [0.15, 0.2) is 17.5 Å². The first-order valence-corrected chi connectivity index (χ1v) is 8.02. The molecular weight excluding hydrogens is 164 g/mol. The Morgan fingerprint density at radius 1 is 1.50 bits per heavy atom. The summed E-state index contributed by atoms with van der Waals surface area (Å²) in [4.78, 5) is 0. The molecule has 0 unspecified atom stereocenters. The minimum absolute atomic E-state index is 0.306. The maximum Gasteiger partial charge on any atom is 0.0857 e. The molecule has 0 saturated heterocycles. The molecule has 0 spiro atoms. The maximum absolute atomic E-state index is 9.74. The van der Waals surface area contributed by atoms with Crippen molar-refractivity contribution in [3.8, 4) is 0 Å². The Balaban J connectivity index is 4.49. The van der Waals surface area contributed by atoms with E-state index >= 15 is 0 Å². The van der Waals surface area contributed by atoms with Gasteiger partial charge in [-0.2, -0.15) is 0 Å². The van der Waals surface area contributed by atoms with Gasteiger partial charge in [-0.25, -0.2) is 0 Å². The lowest BCUT2D eigenvalue weighted by Gasteiger charge is -2.23. The molecule has 70 valence electrons. The minimum Gasteiger partial charge on any atom is -0.389 e. The Morgan fingerprint density at radius 2 is 2.00 bits per heavy atom. The number of hydrogen-bond acceptors (Lipinski definition) is 1. The predicted molar refractivity (Wildman–Crippen MR) is 56.9 cm³/mol. The van der Waals surface area contributed by atoms with Crippen molar-refractivity contribution in [1.29, 1.82) is 0 Å². The minimum atomic E-state index is -1.39. The van der Waals surface area contributed by atoms with Crippen LogP contribution in [-0.4, -0.2) is 19.3 Å². The Bertz CT molecular complexity index is 185. The molecule has 0 fully saturated rings. The van der Waals surface area contributed by atoms with Crippen LogP contribution < -0.4 is 0 Å². The smallest absolute Gasteiger partial charge is 0.0857 e. The van der Waals surface area contributed by atoms with Crippen molar-refractivity contribution < 1.29 is 5.11 Å². The van der Waals surface area contributed by atoms with E-state index in [2.05, 4.69) is 38.9 Å². The van der Waals surface area contributed by atoms with Crippen molar-refractivity contribution in [1.82, 2.24) is 0 Å². The zero-order chi connectivity index (χ0) is 9.78. The molecule has 0 amide bonds. The molecule has 0 aliphatic carbocycles. The van der Waals surface area contributed by atoms with Gasteiger partial charge in [0, 0.05) is 0 Å². The number of aliphatic hydroxyl groups is 1. The van der Waals surface area contributed by atoms with E-state index in [1.165, 1.54) is 0 Å². The fourth-order valence-corrected chi connectivity index (χ4v) is 2.97. The van der Waals surface area contributed by atoms with Crippen LogP contribution >= 0.6 is 0 Å². The topological polar surface area (TPSA) is 20.2 Å². The Labute approximate surface area is 76.8 Å². The molecule has 12 heavy (non-hydrogen) atoms. The Kier molecular flexibility index (Phi) is 4.54. The van der Waals surface area contributed by atoms with E-state index < -0.39 is 8.07 Å². The Morgan fingerprint density at radius 3 is 2.25 bits per heavy atom. The number of rotatable bonds is 4. The van der Waals surface area contributed by atoms with Crippen LogP contribution in [-0.2, 0) is 0 Å². The van der Waals surface area contributed by atoms with Crippen LogP contribution in [0.2, 0.25) is 19.6 Å². The fraction of sp³-hybridized carbons (Fsp3) is 0.700. The molecular formula is C10H20OSi. The van der Waals surface area contributed by atoms with E-state index in [4.69, 9.17) is 0 Å². The molecule has 0 aromatic rings. The molecule has 0 radical (unpaired) electrons. The summed E-state index contributed by atoms with van der Waals surface area (Å²) in [5.74, 6) is 0. The largest absolute Gasteiger partial charge is 0.389 e. The average molecular weight is 184 g/mol. The summed E-state index contributed by atoms with van der Waals surface area (Å²) in [6.45, 7) is 12.3. The van der Waals surface area contributed by atoms with Gasteiger partial charge in [0.25, 0.3) is 0 Å². The third kappa shape index (κ3) is 3.40. The number of aliphatic hydroxyl groups excluding tert-OH is 1. The molecule has 0 heterocycles. The van der Waals surface area contributed by atoms with Gasteiger partial charge in [-0.15, -0.1) is 5.73 Å². The van der Waals surface area contributed by atoms with Crippen molar-refractivity contribution in [2.45, 2.75) is 45.5 Å². The molecule has 0 aliphatic rings. The summed E-state index contributed by atoms with van der Waals surface area (Å²) >= 11 is 0. The highest BCUT2D eigenvalue weighted by atomic mass is 28.3. The molecule has 0 aliphatic heterocycles. The maximum atomic E-state index is 9.74. The summed E-state index contributed by atoms with van der Waals surface area (Å²) < 4.78 is 0. The first-order chi connectivity index (χ1) is 5.43. The second-order valence-electron chi connectivity index (χ2n) is 4.14. The summed E-state index contributed by atoms with van der Waals surface area (Å²) in [7, 11) is -1.39. The number of hydrogen-bond donors (Lipinski definition) is 1. The van der Waals surface area contributed by atoms with Gasteiger partial charge >= 0.3 is 0 Å². The van der Waals surface area contributed by atoms with E-state index in [1.54, 1.807) is 0 Å². The molecule has 1 atom stereocenters. The van der Waals surface area contributed by atoms with Gasteiger partial charge in [0.1, 0.15) is 0 Å². The predicted octanol–water partition coefficient (Wildman–Crippen LogP) is 2.74. The van der Waals surface area contributed by atoms with E-state index in [-0.39, 0.29) is 6.10 Å². The van der Waals surface area contributed by atoms with Gasteiger partial charge in [-0.3, -0.25) is 0 Å². The van der Waals surface area contributed by atoms with E-state index in [0.717, 1.165) is 18.0 Å². The molecule has 0 aromatic heterocycles. The van der Waals surface area contributed by atoms with Crippen LogP contribution in [0.3, 0.4) is 0 Å². The van der Waals surface area contributed by atoms with Gasteiger partial charge in [0.05, 0.1) is 14.2 Å². The van der Waals surface area contributed by atoms with Crippen molar-refractivity contribution >= 4 is 8.07 Å². The zero-order valence-corrected chi connectivity index (χ0v) is 9.65. The highest BCUT2D eigenvalue weighted by Gasteiger charge is 2.24. The standard InChI is InChI=1S/C10H20OSi/c1-6-8-9(11)10(7-2)12(3,4)5/h9,11H,2,6,8H2,1,3-5H3/t9-/m1/s1. The molecule has 0 rings (SSSR count). The third-order valence-electron chi connectivity index (χ3n) is 1.89. The second kappa shape index (κ2) is 4.66. The highest BCUT2D eigenvalue weighted by Crippen LogP contribution is 2.19. The van der Waals surface area contributed by atoms with Crippen LogP contribution in [0, 0.1) is 0 Å². The lowest BCUT2D eigenvalue weighted by atomic mass is 10.2. The first-order valence-electron chi connectivity index (χ1n) is 4.52. The van der Waals surface area contributed by atoms with Gasteiger partial charge in [-0.05, 0) is 11.6 Å². The quantitative estimate of drug-likeness (QED) is 0.526. The molecule has 0 saturated carbocycles. The van der Waals surface area contributed by atoms with Crippen molar-refractivity contribution in [3.05, 3.63) is 17.5 Å². The fourth-order valence-electron chi connectivity index (χ4n) is 1.30. The van der Waals surface area contributed by atoms with Crippen molar-refractivity contribution in [2.24, 2.45) is 0 Å². The zero-order valence-electron chi connectivity index (χ0n) is 8.65. The van der Waals surface area contributed by atoms with Crippen molar-refractivity contribution in [3.63, 3.8) is 0 Å². The molecule has 2 heteroatoms. The summed E-state index contributed by atoms with van der Waals surface area (Å²) in [6, 6.07) is 0. The summed E-state index contributed by atoms with van der Waals surface area (Å²) in [6.07, 6.45) is 1.54. The van der Waals surface area contributed by atoms with Crippen LogP contribution in [0.5, 0.6) is 0 Å². The molecule has 1 N–H and O–H groups in total. The van der Waals surface area contributed by atoms with E-state index in [0.29, 0.717) is 0 Å². The SMILES string of the molecule is C=C=C([C@H](O)CCC)[Si](C)(C)C. The van der Waals surface area contributed by atoms with Crippen LogP contribution in [0.1, 0.15) is 19.8 Å². The average Bonchev–Trinajstić information content (AvgIpc) is 1.85. The van der Waals surface area contributed by atoms with E-state index in [1.807, 2.05) is 0 Å². The Hall–Kier alpha value is -0.303. The summed E-state index contributed by atoms with van der Waals surface area (Å²) in [5, 5.41) is 10.8. The lowest BCUT2D eigenvalue weighted by Crippen LogP contribution is -2.31. The van der Waals surface area contributed by atoms with E-state index in [9.17, 15) is 5.11 Å². The lowest BCUT2D eigenvalue weighted by molar-refractivity contribution is 0.206. The molecule has 1 nitrogen and oxygen atoms in total. The van der Waals surface area contributed by atoms with Crippen molar-refractivity contribution in [2.75, 3.05) is 0 Å². The van der Waals surface area contributed by atoms with Gasteiger partial charge in [0.2, 0.25) is 0 Å². The van der Waals surface area contributed by atoms with Crippen LogP contribution in [0.4, 0.5) is 0 Å². The van der Waals surface area contributed by atoms with Gasteiger partial charge in [0.15, 0.2) is 0 Å². The highest BCUT2D eigenvalue weighted by molar-refractivity contribution is 6.83. The monoisotopic (exact) mass is 184 g/mol. The third-order valence-corrected chi connectivity index (χ3v) is 4.02. The molecule has 0 bridgehead atoms. The second-order valence-corrected chi connectivity index (χ2v) is 9.18. The van der Waals surface area contributed by atoms with Gasteiger partial charge in [-0.1, -0.05) is 39.6 Å². The van der Waals surface area contributed by atoms with Crippen LogP contribution in [0.25, 0.3) is 0 Å².